The SMILES string of the molecule is CC/C(C(=O)[O-])=C(/CC(=O)OC1CCCCC1)C(=O)[O-]. The van der Waals surface area contributed by atoms with Crippen molar-refractivity contribution in [2.75, 3.05) is 0 Å². The zero-order valence-corrected chi connectivity index (χ0v) is 11.5. The zero-order valence-electron chi connectivity index (χ0n) is 11.5. The van der Waals surface area contributed by atoms with Crippen molar-refractivity contribution in [2.45, 2.75) is 58.0 Å². The Morgan fingerprint density at radius 1 is 1.00 bits per heavy atom. The normalized spacial score (nSPS) is 17.2. The van der Waals surface area contributed by atoms with Crippen LogP contribution in [0.3, 0.4) is 0 Å². The maximum atomic E-state index is 11.7. The Kier molecular flexibility index (Phi) is 6.21. The minimum atomic E-state index is -1.67. The topological polar surface area (TPSA) is 107 Å². The fraction of sp³-hybridized carbons (Fsp3) is 0.643. The number of aliphatic carboxylic acids is 2. The van der Waals surface area contributed by atoms with Gasteiger partial charge >= 0.3 is 5.97 Å². The van der Waals surface area contributed by atoms with Crippen molar-refractivity contribution in [3.8, 4) is 0 Å². The van der Waals surface area contributed by atoms with Gasteiger partial charge in [0, 0.05) is 0 Å². The molecule has 6 nitrogen and oxygen atoms in total. The van der Waals surface area contributed by atoms with Gasteiger partial charge in [0.15, 0.2) is 0 Å². The zero-order chi connectivity index (χ0) is 15.1. The van der Waals surface area contributed by atoms with E-state index in [-0.39, 0.29) is 12.5 Å². The second-order valence-electron chi connectivity index (χ2n) is 4.81. The minimum absolute atomic E-state index is 0.0532. The van der Waals surface area contributed by atoms with Crippen LogP contribution in [0.15, 0.2) is 11.1 Å². The van der Waals surface area contributed by atoms with Crippen molar-refractivity contribution < 1.29 is 29.3 Å². The lowest BCUT2D eigenvalue weighted by Gasteiger charge is -2.23. The van der Waals surface area contributed by atoms with Gasteiger partial charge in [0.25, 0.3) is 0 Å². The van der Waals surface area contributed by atoms with E-state index >= 15 is 0 Å². The van der Waals surface area contributed by atoms with E-state index in [4.69, 9.17) is 4.74 Å². The molecule has 0 aromatic rings. The highest BCUT2D eigenvalue weighted by molar-refractivity contribution is 6.00. The summed E-state index contributed by atoms with van der Waals surface area (Å²) in [7, 11) is 0. The molecule has 1 fully saturated rings. The predicted molar refractivity (Wildman–Crippen MR) is 64.9 cm³/mol. The Bertz CT molecular complexity index is 417. The third-order valence-electron chi connectivity index (χ3n) is 3.38. The first-order valence-electron chi connectivity index (χ1n) is 6.79. The number of carboxylic acid groups (broad SMARTS) is 2. The average Bonchev–Trinajstić information content (AvgIpc) is 2.39. The largest absolute Gasteiger partial charge is 0.545 e. The third kappa shape index (κ3) is 4.68. The van der Waals surface area contributed by atoms with Gasteiger partial charge in [0.2, 0.25) is 0 Å². The number of rotatable bonds is 6. The van der Waals surface area contributed by atoms with Crippen LogP contribution in [0.5, 0.6) is 0 Å². The molecule has 1 aliphatic carbocycles. The minimum Gasteiger partial charge on any atom is -0.545 e. The second kappa shape index (κ2) is 7.67. The van der Waals surface area contributed by atoms with Crippen molar-refractivity contribution in [1.29, 1.82) is 0 Å². The van der Waals surface area contributed by atoms with Crippen molar-refractivity contribution in [2.24, 2.45) is 0 Å². The predicted octanol–water partition coefficient (Wildman–Crippen LogP) is -0.541. The first-order valence-corrected chi connectivity index (χ1v) is 6.79. The van der Waals surface area contributed by atoms with Gasteiger partial charge in [-0.25, -0.2) is 0 Å². The molecule has 0 N–H and O–H groups in total. The summed E-state index contributed by atoms with van der Waals surface area (Å²) in [5, 5.41) is 21.8. The Balaban J connectivity index is 2.72. The highest BCUT2D eigenvalue weighted by Gasteiger charge is 2.20. The Morgan fingerprint density at radius 3 is 2.00 bits per heavy atom. The van der Waals surface area contributed by atoms with E-state index in [0.717, 1.165) is 32.1 Å². The molecule has 0 aliphatic heterocycles. The van der Waals surface area contributed by atoms with Crippen LogP contribution in [0, 0.1) is 0 Å². The summed E-state index contributed by atoms with van der Waals surface area (Å²) in [5.41, 5.74) is -0.987. The fourth-order valence-electron chi connectivity index (χ4n) is 2.34. The van der Waals surface area contributed by atoms with Crippen LogP contribution in [0.25, 0.3) is 0 Å². The molecule has 0 amide bonds. The summed E-state index contributed by atoms with van der Waals surface area (Å²) in [5.74, 6) is -4.01. The van der Waals surface area contributed by atoms with E-state index in [1.807, 2.05) is 0 Å². The van der Waals surface area contributed by atoms with Crippen LogP contribution < -0.4 is 10.2 Å². The van der Waals surface area contributed by atoms with Gasteiger partial charge < -0.3 is 24.5 Å². The lowest BCUT2D eigenvalue weighted by atomic mass is 9.97. The van der Waals surface area contributed by atoms with E-state index < -0.39 is 35.5 Å². The Hall–Kier alpha value is -1.85. The van der Waals surface area contributed by atoms with Crippen LogP contribution in [0.2, 0.25) is 0 Å². The first-order chi connectivity index (χ1) is 9.45. The van der Waals surface area contributed by atoms with E-state index in [9.17, 15) is 24.6 Å². The highest BCUT2D eigenvalue weighted by atomic mass is 16.5. The number of carbonyl (C=O) groups is 3. The van der Waals surface area contributed by atoms with E-state index in [2.05, 4.69) is 0 Å². The van der Waals surface area contributed by atoms with Crippen LogP contribution in [-0.2, 0) is 19.1 Å². The van der Waals surface area contributed by atoms with Crippen molar-refractivity contribution in [3.63, 3.8) is 0 Å². The van der Waals surface area contributed by atoms with Gasteiger partial charge in [0.1, 0.15) is 6.10 Å². The summed E-state index contributed by atoms with van der Waals surface area (Å²) < 4.78 is 5.17. The molecule has 0 aromatic carbocycles. The third-order valence-corrected chi connectivity index (χ3v) is 3.38. The van der Waals surface area contributed by atoms with Crippen LogP contribution >= 0.6 is 0 Å². The summed E-state index contributed by atoms with van der Waals surface area (Å²) in [4.78, 5) is 33.5. The smallest absolute Gasteiger partial charge is 0.310 e. The first kappa shape index (κ1) is 16.2. The van der Waals surface area contributed by atoms with E-state index in [1.165, 1.54) is 6.92 Å². The van der Waals surface area contributed by atoms with Crippen LogP contribution in [0.4, 0.5) is 0 Å². The van der Waals surface area contributed by atoms with Gasteiger partial charge in [-0.2, -0.15) is 0 Å². The highest BCUT2D eigenvalue weighted by Crippen LogP contribution is 2.21. The molecule has 1 saturated carbocycles. The molecule has 20 heavy (non-hydrogen) atoms. The maximum Gasteiger partial charge on any atom is 0.310 e. The van der Waals surface area contributed by atoms with Gasteiger partial charge in [-0.1, -0.05) is 13.3 Å². The van der Waals surface area contributed by atoms with Crippen molar-refractivity contribution in [3.05, 3.63) is 11.1 Å². The van der Waals surface area contributed by atoms with Gasteiger partial charge in [0.05, 0.1) is 18.4 Å². The molecule has 1 rings (SSSR count). The molecule has 0 unspecified atom stereocenters. The van der Waals surface area contributed by atoms with Gasteiger partial charge in [-0.3, -0.25) is 4.79 Å². The lowest BCUT2D eigenvalue weighted by Crippen LogP contribution is -2.33. The van der Waals surface area contributed by atoms with Crippen molar-refractivity contribution in [1.82, 2.24) is 0 Å². The average molecular weight is 282 g/mol. The lowest BCUT2D eigenvalue weighted by molar-refractivity contribution is -0.304. The van der Waals surface area contributed by atoms with Crippen LogP contribution in [-0.4, -0.2) is 24.0 Å². The number of hydrogen-bond donors (Lipinski definition) is 0. The second-order valence-corrected chi connectivity index (χ2v) is 4.81. The molecule has 6 heteroatoms. The number of carbonyl (C=O) groups excluding carboxylic acids is 3. The Morgan fingerprint density at radius 2 is 1.55 bits per heavy atom. The van der Waals surface area contributed by atoms with E-state index in [0.29, 0.717) is 0 Å². The summed E-state index contributed by atoms with van der Waals surface area (Å²) in [6, 6.07) is 0. The maximum absolute atomic E-state index is 11.7. The molecule has 112 valence electrons. The molecule has 0 atom stereocenters. The molecule has 0 aromatic heterocycles. The summed E-state index contributed by atoms with van der Waals surface area (Å²) in [6.07, 6.45) is 3.71. The molecule has 0 heterocycles. The van der Waals surface area contributed by atoms with Crippen LogP contribution in [0.1, 0.15) is 51.9 Å². The molecule has 1 aliphatic rings. The van der Waals surface area contributed by atoms with Gasteiger partial charge in [-0.05, 0) is 43.3 Å². The molecule has 0 bridgehead atoms. The van der Waals surface area contributed by atoms with Crippen molar-refractivity contribution >= 4 is 17.9 Å². The quantitative estimate of drug-likeness (QED) is 0.478. The summed E-state index contributed by atoms with van der Waals surface area (Å²) in [6.45, 7) is 1.47. The monoisotopic (exact) mass is 282 g/mol. The van der Waals surface area contributed by atoms with E-state index in [1.54, 1.807) is 0 Å². The molecular formula is C14H18O6-2. The number of esters is 1. The molecule has 0 radical (unpaired) electrons. The molecular weight excluding hydrogens is 264 g/mol. The summed E-state index contributed by atoms with van der Waals surface area (Å²) >= 11 is 0. The van der Waals surface area contributed by atoms with Gasteiger partial charge in [-0.15, -0.1) is 0 Å². The molecule has 0 saturated heterocycles. The number of carboxylic acids is 2. The number of hydrogen-bond acceptors (Lipinski definition) is 6. The standard InChI is InChI=1S/C14H20O6/c1-2-10(13(16)17)11(14(18)19)8-12(15)20-9-6-4-3-5-7-9/h9H,2-8H2,1H3,(H,16,17)(H,18,19)/p-2/b11-10+. The fourth-order valence-corrected chi connectivity index (χ4v) is 2.34. The number of ether oxygens (including phenoxy) is 1. The molecule has 0 spiro atoms. The Labute approximate surface area is 117 Å².